The van der Waals surface area contributed by atoms with Crippen molar-refractivity contribution in [1.82, 2.24) is 0 Å². The average molecular weight is 404 g/mol. The first-order valence-corrected chi connectivity index (χ1v) is 10.8. The monoisotopic (exact) mass is 404 g/mol. The van der Waals surface area contributed by atoms with Crippen LogP contribution in [0.4, 0.5) is 15.8 Å². The number of ether oxygens (including phenoxy) is 1. The molecule has 4 rings (SSSR count). The minimum atomic E-state index is -3.98. The summed E-state index contributed by atoms with van der Waals surface area (Å²) in [6, 6.07) is 8.69. The predicted octanol–water partition coefficient (Wildman–Crippen LogP) is 3.32. The van der Waals surface area contributed by atoms with Gasteiger partial charge < -0.3 is 9.64 Å². The zero-order valence-electron chi connectivity index (χ0n) is 15.4. The van der Waals surface area contributed by atoms with Gasteiger partial charge in [-0.25, -0.2) is 12.8 Å². The summed E-state index contributed by atoms with van der Waals surface area (Å²) in [7, 11) is -3.98. The van der Waals surface area contributed by atoms with E-state index in [0.29, 0.717) is 12.2 Å². The van der Waals surface area contributed by atoms with Crippen LogP contribution in [0.2, 0.25) is 0 Å². The van der Waals surface area contributed by atoms with Gasteiger partial charge in [0.25, 0.3) is 10.0 Å². The molecular formula is C20H21FN2O4S. The number of fused-ring (bicyclic) bond motifs is 1. The molecule has 1 saturated carbocycles. The number of nitrogens with one attached hydrogen (secondary N) is 1. The number of carbonyl (C=O) groups is 1. The minimum Gasteiger partial charge on any atom is -0.491 e. The van der Waals surface area contributed by atoms with Gasteiger partial charge >= 0.3 is 0 Å². The van der Waals surface area contributed by atoms with Gasteiger partial charge in [0.1, 0.15) is 0 Å². The molecule has 1 heterocycles. The third-order valence-electron chi connectivity index (χ3n) is 4.94. The highest BCUT2D eigenvalue weighted by molar-refractivity contribution is 7.92. The first-order chi connectivity index (χ1) is 13.4. The highest BCUT2D eigenvalue weighted by Gasteiger charge is 2.36. The molecule has 1 aliphatic carbocycles. The fraction of sp³-hybridized carbons (Fsp3) is 0.350. The lowest BCUT2D eigenvalue weighted by molar-refractivity contribution is -0.119. The number of hydrogen-bond acceptors (Lipinski definition) is 4. The maximum atomic E-state index is 14.0. The van der Waals surface area contributed by atoms with Gasteiger partial charge in [0.2, 0.25) is 5.91 Å². The maximum Gasteiger partial charge on any atom is 0.262 e. The van der Waals surface area contributed by atoms with E-state index in [1.165, 1.54) is 12.1 Å². The van der Waals surface area contributed by atoms with Gasteiger partial charge in [0.05, 0.1) is 17.2 Å². The Bertz CT molecular complexity index is 1030. The molecule has 28 heavy (non-hydrogen) atoms. The average Bonchev–Trinajstić information content (AvgIpc) is 3.42. The molecule has 0 saturated heterocycles. The van der Waals surface area contributed by atoms with Crippen LogP contribution in [0.3, 0.4) is 0 Å². The molecule has 0 spiro atoms. The number of carbonyl (C=O) groups excluding carboxylic acids is 1. The van der Waals surface area contributed by atoms with Crippen LogP contribution < -0.4 is 14.4 Å². The quantitative estimate of drug-likeness (QED) is 0.801. The van der Waals surface area contributed by atoms with Crippen LogP contribution in [0.1, 0.15) is 25.3 Å². The molecule has 2 aromatic carbocycles. The molecule has 6 nitrogen and oxygen atoms in total. The van der Waals surface area contributed by atoms with Gasteiger partial charge in [-0.1, -0.05) is 6.07 Å². The highest BCUT2D eigenvalue weighted by atomic mass is 32.2. The summed E-state index contributed by atoms with van der Waals surface area (Å²) in [5.41, 5.74) is 2.10. The topological polar surface area (TPSA) is 75.7 Å². The normalized spacial score (nSPS) is 16.0. The van der Waals surface area contributed by atoms with Gasteiger partial charge in [-0.15, -0.1) is 0 Å². The number of benzene rings is 2. The number of anilines is 2. The Kier molecular flexibility index (Phi) is 4.74. The summed E-state index contributed by atoms with van der Waals surface area (Å²) < 4.78 is 46.9. The second-order valence-corrected chi connectivity index (χ2v) is 8.67. The molecule has 1 fully saturated rings. The number of rotatable bonds is 6. The molecule has 2 aromatic rings. The maximum absolute atomic E-state index is 14.0. The van der Waals surface area contributed by atoms with Crippen molar-refractivity contribution in [2.75, 3.05) is 22.8 Å². The van der Waals surface area contributed by atoms with Gasteiger partial charge in [0.15, 0.2) is 11.6 Å². The van der Waals surface area contributed by atoms with E-state index in [9.17, 15) is 17.6 Å². The Balaban J connectivity index is 1.58. The van der Waals surface area contributed by atoms with Crippen molar-refractivity contribution in [3.63, 3.8) is 0 Å². The molecule has 0 aromatic heterocycles. The third kappa shape index (κ3) is 3.56. The van der Waals surface area contributed by atoms with Crippen molar-refractivity contribution in [3.05, 3.63) is 47.8 Å². The minimum absolute atomic E-state index is 0.00760. The van der Waals surface area contributed by atoms with Crippen LogP contribution in [0.5, 0.6) is 5.75 Å². The number of amides is 1. The van der Waals surface area contributed by atoms with Gasteiger partial charge in [-0.05, 0) is 62.1 Å². The van der Waals surface area contributed by atoms with Crippen molar-refractivity contribution < 1.29 is 22.3 Å². The second-order valence-electron chi connectivity index (χ2n) is 6.99. The van der Waals surface area contributed by atoms with Crippen LogP contribution in [0.25, 0.3) is 0 Å². The van der Waals surface area contributed by atoms with E-state index in [2.05, 4.69) is 4.72 Å². The standard InChI is InChI=1S/C20H21FN2O4S/c1-2-27-19-8-7-16(12-17(19)21)28(25,26)22-15-6-5-13-9-10-23(18(13)11-15)20(24)14-3-4-14/h5-8,11-12,14,22H,2-4,9-10H2,1H3. The molecule has 0 unspecified atom stereocenters. The second kappa shape index (κ2) is 7.09. The molecule has 1 N–H and O–H groups in total. The zero-order valence-corrected chi connectivity index (χ0v) is 16.3. The van der Waals surface area contributed by atoms with Crippen LogP contribution in [-0.4, -0.2) is 27.5 Å². The Hall–Kier alpha value is -2.61. The van der Waals surface area contributed by atoms with Gasteiger partial charge in [-0.3, -0.25) is 9.52 Å². The van der Waals surface area contributed by atoms with E-state index in [1.807, 2.05) is 6.07 Å². The number of halogens is 1. The molecule has 0 radical (unpaired) electrons. The molecule has 1 aliphatic heterocycles. The van der Waals surface area contributed by atoms with Crippen LogP contribution >= 0.6 is 0 Å². The summed E-state index contributed by atoms with van der Waals surface area (Å²) in [6.07, 6.45) is 2.59. The zero-order chi connectivity index (χ0) is 19.9. The largest absolute Gasteiger partial charge is 0.491 e. The van der Waals surface area contributed by atoms with E-state index in [1.54, 1.807) is 24.0 Å². The van der Waals surface area contributed by atoms with Crippen LogP contribution in [0, 0.1) is 11.7 Å². The summed E-state index contributed by atoms with van der Waals surface area (Å²) in [5.74, 6) is -0.529. The van der Waals surface area contributed by atoms with Crippen molar-refractivity contribution in [2.24, 2.45) is 5.92 Å². The van der Waals surface area contributed by atoms with E-state index in [4.69, 9.17) is 4.74 Å². The Morgan fingerprint density at radius 3 is 2.71 bits per heavy atom. The lowest BCUT2D eigenvalue weighted by Crippen LogP contribution is -2.30. The summed E-state index contributed by atoms with van der Waals surface area (Å²) in [5, 5.41) is 0. The number of sulfonamides is 1. The van der Waals surface area contributed by atoms with Crippen molar-refractivity contribution in [2.45, 2.75) is 31.1 Å². The molecule has 0 bridgehead atoms. The number of hydrogen-bond donors (Lipinski definition) is 1. The first-order valence-electron chi connectivity index (χ1n) is 9.28. The predicted molar refractivity (Wildman–Crippen MR) is 104 cm³/mol. The smallest absolute Gasteiger partial charge is 0.262 e. The fourth-order valence-electron chi connectivity index (χ4n) is 3.36. The lowest BCUT2D eigenvalue weighted by atomic mass is 10.1. The lowest BCUT2D eigenvalue weighted by Gasteiger charge is -2.18. The summed E-state index contributed by atoms with van der Waals surface area (Å²) in [4.78, 5) is 14.0. The molecule has 0 atom stereocenters. The van der Waals surface area contributed by atoms with Crippen LogP contribution in [0.15, 0.2) is 41.3 Å². The first kappa shape index (κ1) is 18.7. The van der Waals surface area contributed by atoms with Gasteiger partial charge in [-0.2, -0.15) is 0 Å². The molecule has 1 amide bonds. The molecule has 2 aliphatic rings. The highest BCUT2D eigenvalue weighted by Crippen LogP contribution is 2.37. The van der Waals surface area contributed by atoms with Crippen molar-refractivity contribution in [1.29, 1.82) is 0 Å². The third-order valence-corrected chi connectivity index (χ3v) is 6.32. The Labute approximate surface area is 163 Å². The van der Waals surface area contributed by atoms with E-state index < -0.39 is 15.8 Å². The molecular weight excluding hydrogens is 383 g/mol. The van der Waals surface area contributed by atoms with Gasteiger partial charge in [0, 0.05) is 18.2 Å². The summed E-state index contributed by atoms with van der Waals surface area (Å²) >= 11 is 0. The van der Waals surface area contributed by atoms with E-state index in [-0.39, 0.29) is 29.1 Å². The van der Waals surface area contributed by atoms with Crippen molar-refractivity contribution in [3.8, 4) is 5.75 Å². The molecule has 148 valence electrons. The van der Waals surface area contributed by atoms with E-state index in [0.717, 1.165) is 36.6 Å². The SMILES string of the molecule is CCOc1ccc(S(=O)(=O)Nc2ccc3c(c2)N(C(=O)C2CC2)CC3)cc1F. The number of nitrogens with zero attached hydrogens (tertiary/aromatic N) is 1. The summed E-state index contributed by atoms with van der Waals surface area (Å²) in [6.45, 7) is 2.62. The Morgan fingerprint density at radius 1 is 1.25 bits per heavy atom. The van der Waals surface area contributed by atoms with E-state index >= 15 is 0 Å². The Morgan fingerprint density at radius 2 is 2.04 bits per heavy atom. The van der Waals surface area contributed by atoms with Crippen molar-refractivity contribution >= 4 is 27.3 Å². The fourth-order valence-corrected chi connectivity index (χ4v) is 4.42. The molecule has 8 heteroatoms. The van der Waals surface area contributed by atoms with Crippen LogP contribution in [-0.2, 0) is 21.2 Å².